The molecule has 0 fully saturated rings. The highest BCUT2D eigenvalue weighted by Gasteiger charge is 2.21. The van der Waals surface area contributed by atoms with E-state index in [4.69, 9.17) is 0 Å². The first-order chi connectivity index (χ1) is 11.2. The molecule has 1 aromatic carbocycles. The van der Waals surface area contributed by atoms with Gasteiger partial charge < -0.3 is 4.90 Å². The van der Waals surface area contributed by atoms with Crippen LogP contribution in [0.15, 0.2) is 47.8 Å². The van der Waals surface area contributed by atoms with Gasteiger partial charge >= 0.3 is 0 Å². The summed E-state index contributed by atoms with van der Waals surface area (Å²) < 4.78 is 0. The molecule has 0 spiro atoms. The Bertz CT molecular complexity index is 779. The van der Waals surface area contributed by atoms with Crippen molar-refractivity contribution in [1.29, 1.82) is 0 Å². The third kappa shape index (κ3) is 3.51. The Labute approximate surface area is 144 Å². The average molecular weight is 342 g/mol. The average Bonchev–Trinajstić information content (AvgIpc) is 3.22. The predicted molar refractivity (Wildman–Crippen MR) is 97.0 cm³/mol. The van der Waals surface area contributed by atoms with Crippen LogP contribution in [0.2, 0.25) is 0 Å². The maximum Gasteiger partial charge on any atom is 0.266 e. The SMILES string of the molecule is CCN(Cc1cccs1)C(=O)c1sc(-c2ccccc2)nc1C. The number of carbonyl (C=O) groups excluding carboxylic acids is 1. The molecule has 5 heteroatoms. The van der Waals surface area contributed by atoms with E-state index in [1.165, 1.54) is 16.2 Å². The summed E-state index contributed by atoms with van der Waals surface area (Å²) in [6.07, 6.45) is 0. The minimum atomic E-state index is 0.0677. The van der Waals surface area contributed by atoms with E-state index < -0.39 is 0 Å². The molecule has 0 atom stereocenters. The van der Waals surface area contributed by atoms with Gasteiger partial charge in [-0.15, -0.1) is 22.7 Å². The van der Waals surface area contributed by atoms with Crippen LogP contribution in [0.25, 0.3) is 10.6 Å². The van der Waals surface area contributed by atoms with Gasteiger partial charge in [0, 0.05) is 17.0 Å². The van der Waals surface area contributed by atoms with E-state index in [1.54, 1.807) is 11.3 Å². The highest BCUT2D eigenvalue weighted by molar-refractivity contribution is 7.17. The molecule has 3 nitrogen and oxygen atoms in total. The number of aromatic nitrogens is 1. The van der Waals surface area contributed by atoms with Crippen molar-refractivity contribution in [1.82, 2.24) is 9.88 Å². The second-order valence-corrected chi connectivity index (χ2v) is 7.23. The largest absolute Gasteiger partial charge is 0.333 e. The van der Waals surface area contributed by atoms with Crippen LogP contribution >= 0.6 is 22.7 Å². The molecular weight excluding hydrogens is 324 g/mol. The second-order valence-electron chi connectivity index (χ2n) is 5.20. The number of nitrogens with zero attached hydrogens (tertiary/aromatic N) is 2. The fourth-order valence-corrected chi connectivity index (χ4v) is 4.12. The minimum Gasteiger partial charge on any atom is -0.333 e. The number of amides is 1. The molecule has 0 N–H and O–H groups in total. The molecule has 0 aliphatic rings. The number of rotatable bonds is 5. The number of benzene rings is 1. The van der Waals surface area contributed by atoms with Crippen molar-refractivity contribution in [3.63, 3.8) is 0 Å². The number of thiophene rings is 1. The monoisotopic (exact) mass is 342 g/mol. The predicted octanol–water partition coefficient (Wildman–Crippen LogP) is 4.84. The molecule has 0 unspecified atom stereocenters. The van der Waals surface area contributed by atoms with Crippen LogP contribution in [0, 0.1) is 6.92 Å². The van der Waals surface area contributed by atoms with E-state index in [0.717, 1.165) is 21.1 Å². The summed E-state index contributed by atoms with van der Waals surface area (Å²) in [7, 11) is 0. The standard InChI is InChI=1S/C18H18N2OS2/c1-3-20(12-15-10-7-11-22-15)18(21)16-13(2)19-17(23-16)14-8-5-4-6-9-14/h4-11H,3,12H2,1-2H3. The number of carbonyl (C=O) groups is 1. The molecule has 3 rings (SSSR count). The molecule has 118 valence electrons. The summed E-state index contributed by atoms with van der Waals surface area (Å²) in [4.78, 5) is 21.3. The zero-order valence-corrected chi connectivity index (χ0v) is 14.8. The van der Waals surface area contributed by atoms with Crippen LogP contribution in [-0.4, -0.2) is 22.3 Å². The van der Waals surface area contributed by atoms with Gasteiger partial charge in [-0.25, -0.2) is 4.98 Å². The maximum absolute atomic E-state index is 12.9. The van der Waals surface area contributed by atoms with E-state index in [9.17, 15) is 4.79 Å². The highest BCUT2D eigenvalue weighted by Crippen LogP contribution is 2.29. The van der Waals surface area contributed by atoms with Crippen LogP contribution in [-0.2, 0) is 6.54 Å². The minimum absolute atomic E-state index is 0.0677. The first-order valence-corrected chi connectivity index (χ1v) is 9.23. The first kappa shape index (κ1) is 15.9. The number of hydrogen-bond donors (Lipinski definition) is 0. The van der Waals surface area contributed by atoms with Gasteiger partial charge in [0.25, 0.3) is 5.91 Å². The zero-order valence-electron chi connectivity index (χ0n) is 13.2. The molecule has 0 saturated carbocycles. The second kappa shape index (κ2) is 7.06. The molecule has 2 heterocycles. The lowest BCUT2D eigenvalue weighted by atomic mass is 10.2. The summed E-state index contributed by atoms with van der Waals surface area (Å²) >= 11 is 3.16. The van der Waals surface area contributed by atoms with Crippen LogP contribution in [0.5, 0.6) is 0 Å². The Hall–Kier alpha value is -1.98. The van der Waals surface area contributed by atoms with Crippen molar-refractivity contribution in [3.8, 4) is 10.6 Å². The molecular formula is C18H18N2OS2. The van der Waals surface area contributed by atoms with Crippen LogP contribution in [0.4, 0.5) is 0 Å². The van der Waals surface area contributed by atoms with Gasteiger partial charge in [0.2, 0.25) is 0 Å². The van der Waals surface area contributed by atoms with Crippen LogP contribution < -0.4 is 0 Å². The fourth-order valence-electron chi connectivity index (χ4n) is 2.36. The summed E-state index contributed by atoms with van der Waals surface area (Å²) in [6.45, 7) is 5.27. The van der Waals surface area contributed by atoms with Crippen LogP contribution in [0.3, 0.4) is 0 Å². The summed E-state index contributed by atoms with van der Waals surface area (Å²) in [5.41, 5.74) is 1.87. The van der Waals surface area contributed by atoms with Crippen LogP contribution in [0.1, 0.15) is 27.2 Å². The summed E-state index contributed by atoms with van der Waals surface area (Å²) in [5, 5.41) is 2.94. The van der Waals surface area contributed by atoms with E-state index in [0.29, 0.717) is 13.1 Å². The van der Waals surface area contributed by atoms with Gasteiger partial charge in [0.05, 0.1) is 12.2 Å². The number of hydrogen-bond acceptors (Lipinski definition) is 4. The van der Waals surface area contributed by atoms with E-state index >= 15 is 0 Å². The zero-order chi connectivity index (χ0) is 16.2. The first-order valence-electron chi connectivity index (χ1n) is 7.53. The Morgan fingerprint density at radius 2 is 1.96 bits per heavy atom. The van der Waals surface area contributed by atoms with Crippen molar-refractivity contribution >= 4 is 28.6 Å². The van der Waals surface area contributed by atoms with E-state index in [2.05, 4.69) is 11.1 Å². The van der Waals surface area contributed by atoms with Gasteiger partial charge in [-0.05, 0) is 25.3 Å². The molecule has 2 aromatic heterocycles. The third-order valence-electron chi connectivity index (χ3n) is 3.61. The Balaban J connectivity index is 1.85. The van der Waals surface area contributed by atoms with Crippen molar-refractivity contribution in [2.45, 2.75) is 20.4 Å². The van der Waals surface area contributed by atoms with Crippen molar-refractivity contribution in [2.24, 2.45) is 0 Å². The molecule has 0 bridgehead atoms. The fraction of sp³-hybridized carbons (Fsp3) is 0.222. The van der Waals surface area contributed by atoms with Crippen molar-refractivity contribution in [3.05, 3.63) is 63.3 Å². The molecule has 23 heavy (non-hydrogen) atoms. The van der Waals surface area contributed by atoms with Gasteiger partial charge in [-0.3, -0.25) is 4.79 Å². The Morgan fingerprint density at radius 3 is 2.61 bits per heavy atom. The Morgan fingerprint density at radius 1 is 1.17 bits per heavy atom. The number of thiazole rings is 1. The molecule has 1 amide bonds. The molecule has 3 aromatic rings. The van der Waals surface area contributed by atoms with E-state index in [1.807, 2.05) is 60.5 Å². The highest BCUT2D eigenvalue weighted by atomic mass is 32.1. The number of aryl methyl sites for hydroxylation is 1. The maximum atomic E-state index is 12.9. The Kier molecular flexibility index (Phi) is 4.88. The molecule has 0 radical (unpaired) electrons. The van der Waals surface area contributed by atoms with Gasteiger partial charge in [-0.2, -0.15) is 0 Å². The van der Waals surface area contributed by atoms with Gasteiger partial charge in [0.15, 0.2) is 0 Å². The van der Waals surface area contributed by atoms with Gasteiger partial charge in [-0.1, -0.05) is 36.4 Å². The van der Waals surface area contributed by atoms with Gasteiger partial charge in [0.1, 0.15) is 9.88 Å². The van der Waals surface area contributed by atoms with Crippen molar-refractivity contribution < 1.29 is 4.79 Å². The summed E-state index contributed by atoms with van der Waals surface area (Å²) in [5.74, 6) is 0.0677. The normalized spacial score (nSPS) is 10.7. The van der Waals surface area contributed by atoms with Crippen molar-refractivity contribution in [2.75, 3.05) is 6.54 Å². The lowest BCUT2D eigenvalue weighted by molar-refractivity contribution is 0.0758. The molecule has 0 aliphatic carbocycles. The molecule has 0 aliphatic heterocycles. The molecule has 0 saturated heterocycles. The van der Waals surface area contributed by atoms with E-state index in [-0.39, 0.29) is 5.91 Å². The lowest BCUT2D eigenvalue weighted by Crippen LogP contribution is -2.29. The lowest BCUT2D eigenvalue weighted by Gasteiger charge is -2.19. The third-order valence-corrected chi connectivity index (χ3v) is 5.66. The summed E-state index contributed by atoms with van der Waals surface area (Å²) in [6, 6.07) is 14.1. The quantitative estimate of drug-likeness (QED) is 0.664. The smallest absolute Gasteiger partial charge is 0.266 e. The topological polar surface area (TPSA) is 33.2 Å².